The third kappa shape index (κ3) is 5.11. The summed E-state index contributed by atoms with van der Waals surface area (Å²) in [6.45, 7) is 4.14. The van der Waals surface area contributed by atoms with E-state index < -0.39 is 0 Å². The number of nitrogens with one attached hydrogen (secondary N) is 2. The first kappa shape index (κ1) is 19.9. The van der Waals surface area contributed by atoms with E-state index in [1.807, 2.05) is 19.1 Å². The normalized spacial score (nSPS) is 21.3. The fraction of sp³-hybridized carbons (Fsp3) is 0.667. The van der Waals surface area contributed by atoms with E-state index in [9.17, 15) is 0 Å². The van der Waals surface area contributed by atoms with Crippen molar-refractivity contribution < 1.29 is 4.90 Å². The number of piperidine rings is 1. The van der Waals surface area contributed by atoms with Gasteiger partial charge in [0.05, 0.1) is 29.8 Å². The summed E-state index contributed by atoms with van der Waals surface area (Å²) in [5.74, 6) is 0. The molecule has 1 aromatic carbocycles. The van der Waals surface area contributed by atoms with Crippen LogP contribution in [0.25, 0.3) is 0 Å². The van der Waals surface area contributed by atoms with Crippen molar-refractivity contribution in [3.8, 4) is 0 Å². The molecular weight excluding hydrogens is 362 g/mol. The van der Waals surface area contributed by atoms with E-state index in [1.54, 1.807) is 4.90 Å². The molecule has 1 saturated heterocycles. The van der Waals surface area contributed by atoms with Crippen molar-refractivity contribution in [2.45, 2.75) is 70.4 Å². The SMILES string of the molecule is Cc1ccc(NC(=S)N2CCC([NH+](C)C3CCCCCC3)CC2)c(Cl)c1. The molecule has 2 N–H and O–H groups in total. The second-order valence-electron chi connectivity index (χ2n) is 8.11. The minimum Gasteiger partial charge on any atom is -0.349 e. The first-order valence-corrected chi connectivity index (χ1v) is 11.0. The van der Waals surface area contributed by atoms with Crippen LogP contribution in [0.4, 0.5) is 5.69 Å². The Balaban J connectivity index is 1.50. The fourth-order valence-corrected chi connectivity index (χ4v) is 5.10. The van der Waals surface area contributed by atoms with Crippen LogP contribution in [-0.4, -0.2) is 42.2 Å². The maximum Gasteiger partial charge on any atom is 0.173 e. The largest absolute Gasteiger partial charge is 0.349 e. The molecule has 2 aliphatic rings. The third-order valence-electron chi connectivity index (χ3n) is 6.29. The molecule has 1 heterocycles. The zero-order chi connectivity index (χ0) is 18.5. The summed E-state index contributed by atoms with van der Waals surface area (Å²) in [7, 11) is 2.43. The Hall–Kier alpha value is -0.840. The van der Waals surface area contributed by atoms with Crippen molar-refractivity contribution in [2.75, 3.05) is 25.5 Å². The van der Waals surface area contributed by atoms with E-state index in [1.165, 1.54) is 51.4 Å². The molecule has 0 spiro atoms. The number of anilines is 1. The Labute approximate surface area is 169 Å². The number of aryl methyl sites for hydroxylation is 1. The van der Waals surface area contributed by atoms with Gasteiger partial charge in [0.2, 0.25) is 0 Å². The van der Waals surface area contributed by atoms with Crippen molar-refractivity contribution in [1.29, 1.82) is 0 Å². The average molecular weight is 395 g/mol. The molecule has 5 heteroatoms. The Kier molecular flexibility index (Phi) is 7.19. The highest BCUT2D eigenvalue weighted by Gasteiger charge is 2.31. The summed E-state index contributed by atoms with van der Waals surface area (Å²) in [5.41, 5.74) is 2.07. The molecule has 3 nitrogen and oxygen atoms in total. The van der Waals surface area contributed by atoms with Gasteiger partial charge < -0.3 is 15.1 Å². The number of rotatable bonds is 3. The van der Waals surface area contributed by atoms with Crippen LogP contribution < -0.4 is 10.2 Å². The predicted molar refractivity (Wildman–Crippen MR) is 115 cm³/mol. The molecule has 0 amide bonds. The van der Waals surface area contributed by atoms with Gasteiger partial charge in [-0.05, 0) is 62.5 Å². The molecule has 1 aliphatic heterocycles. The number of benzene rings is 1. The van der Waals surface area contributed by atoms with Crippen molar-refractivity contribution in [1.82, 2.24) is 4.90 Å². The molecule has 26 heavy (non-hydrogen) atoms. The van der Waals surface area contributed by atoms with Gasteiger partial charge in [-0.2, -0.15) is 0 Å². The lowest BCUT2D eigenvalue weighted by Gasteiger charge is -2.38. The molecule has 144 valence electrons. The average Bonchev–Trinajstić information content (AvgIpc) is 2.93. The highest BCUT2D eigenvalue weighted by atomic mass is 35.5. The molecule has 1 unspecified atom stereocenters. The summed E-state index contributed by atoms with van der Waals surface area (Å²) in [4.78, 5) is 4.08. The standard InChI is InChI=1S/C21H32ClN3S/c1-16-9-10-20(19(22)15-16)23-21(26)25-13-11-18(12-14-25)24(2)17-7-5-3-4-6-8-17/h9-10,15,17-18H,3-8,11-14H2,1-2H3,(H,23,26)/p+1. The molecule has 1 saturated carbocycles. The van der Waals surface area contributed by atoms with E-state index in [0.717, 1.165) is 46.6 Å². The van der Waals surface area contributed by atoms with E-state index in [4.69, 9.17) is 23.8 Å². The van der Waals surface area contributed by atoms with Crippen LogP contribution >= 0.6 is 23.8 Å². The molecule has 0 radical (unpaired) electrons. The van der Waals surface area contributed by atoms with Gasteiger partial charge in [-0.3, -0.25) is 0 Å². The van der Waals surface area contributed by atoms with Crippen LogP contribution in [0.15, 0.2) is 18.2 Å². The summed E-state index contributed by atoms with van der Waals surface area (Å²) >= 11 is 12.0. The van der Waals surface area contributed by atoms with Crippen LogP contribution in [0.3, 0.4) is 0 Å². The Morgan fingerprint density at radius 3 is 2.31 bits per heavy atom. The third-order valence-corrected chi connectivity index (χ3v) is 6.96. The monoisotopic (exact) mass is 394 g/mol. The second-order valence-corrected chi connectivity index (χ2v) is 8.90. The molecular formula is C21H33ClN3S+. The molecule has 2 fully saturated rings. The first-order valence-electron chi connectivity index (χ1n) is 10.2. The summed E-state index contributed by atoms with van der Waals surface area (Å²) < 4.78 is 0. The second kappa shape index (κ2) is 9.38. The molecule has 1 aromatic rings. The van der Waals surface area contributed by atoms with Crippen molar-refractivity contribution in [3.63, 3.8) is 0 Å². The van der Waals surface area contributed by atoms with E-state index >= 15 is 0 Å². The first-order chi connectivity index (χ1) is 12.5. The minimum absolute atomic E-state index is 0.736. The van der Waals surface area contributed by atoms with Crippen LogP contribution in [-0.2, 0) is 0 Å². The number of likely N-dealkylation sites (tertiary alicyclic amines) is 1. The van der Waals surface area contributed by atoms with Gasteiger partial charge in [0.1, 0.15) is 0 Å². The zero-order valence-corrected chi connectivity index (χ0v) is 17.8. The summed E-state index contributed by atoms with van der Waals surface area (Å²) in [5, 5.41) is 4.88. The van der Waals surface area contributed by atoms with Gasteiger partial charge in [-0.1, -0.05) is 30.5 Å². The smallest absolute Gasteiger partial charge is 0.173 e. The summed E-state index contributed by atoms with van der Waals surface area (Å²) in [6.07, 6.45) is 11.0. The molecule has 1 aliphatic carbocycles. The van der Waals surface area contributed by atoms with E-state index in [2.05, 4.69) is 23.3 Å². The number of quaternary nitrogens is 1. The van der Waals surface area contributed by atoms with Crippen molar-refractivity contribution >= 4 is 34.6 Å². The summed E-state index contributed by atoms with van der Waals surface area (Å²) in [6, 6.07) is 7.70. The topological polar surface area (TPSA) is 19.7 Å². The van der Waals surface area contributed by atoms with Crippen molar-refractivity contribution in [3.05, 3.63) is 28.8 Å². The van der Waals surface area contributed by atoms with Crippen LogP contribution in [0.5, 0.6) is 0 Å². The van der Waals surface area contributed by atoms with Crippen molar-refractivity contribution in [2.24, 2.45) is 0 Å². The molecule has 1 atom stereocenters. The lowest BCUT2D eigenvalue weighted by atomic mass is 9.99. The van der Waals surface area contributed by atoms with Crippen LogP contribution in [0.1, 0.15) is 56.9 Å². The Morgan fingerprint density at radius 2 is 1.69 bits per heavy atom. The predicted octanol–water partition coefficient (Wildman–Crippen LogP) is 4.05. The highest BCUT2D eigenvalue weighted by molar-refractivity contribution is 7.80. The fourth-order valence-electron chi connectivity index (χ4n) is 4.52. The maximum atomic E-state index is 6.33. The van der Waals surface area contributed by atoms with Crippen LogP contribution in [0, 0.1) is 6.92 Å². The van der Waals surface area contributed by atoms with Gasteiger partial charge in [0.15, 0.2) is 5.11 Å². The molecule has 0 aromatic heterocycles. The van der Waals surface area contributed by atoms with Gasteiger partial charge in [-0.25, -0.2) is 0 Å². The number of halogens is 1. The number of nitrogens with zero attached hydrogens (tertiary/aromatic N) is 1. The van der Waals surface area contributed by atoms with Gasteiger partial charge in [0.25, 0.3) is 0 Å². The van der Waals surface area contributed by atoms with E-state index in [-0.39, 0.29) is 0 Å². The quantitative estimate of drug-likeness (QED) is 0.596. The lowest BCUT2D eigenvalue weighted by molar-refractivity contribution is -0.933. The lowest BCUT2D eigenvalue weighted by Crippen LogP contribution is -3.17. The molecule has 3 rings (SSSR count). The zero-order valence-electron chi connectivity index (χ0n) is 16.2. The number of thiocarbonyl (C=S) groups is 1. The minimum atomic E-state index is 0.736. The van der Waals surface area contributed by atoms with Gasteiger partial charge in [0, 0.05) is 25.9 Å². The number of hydrogen-bond acceptors (Lipinski definition) is 1. The van der Waals surface area contributed by atoms with Crippen LogP contribution in [0.2, 0.25) is 5.02 Å². The Bertz CT molecular complexity index is 605. The van der Waals surface area contributed by atoms with Gasteiger partial charge in [-0.15, -0.1) is 0 Å². The van der Waals surface area contributed by atoms with Gasteiger partial charge >= 0.3 is 0 Å². The Morgan fingerprint density at radius 1 is 1.08 bits per heavy atom. The molecule has 0 bridgehead atoms. The number of hydrogen-bond donors (Lipinski definition) is 2. The van der Waals surface area contributed by atoms with E-state index in [0.29, 0.717) is 0 Å². The maximum absolute atomic E-state index is 6.33. The highest BCUT2D eigenvalue weighted by Crippen LogP contribution is 2.24.